The van der Waals surface area contributed by atoms with Crippen molar-refractivity contribution in [1.82, 2.24) is 15.1 Å². The average molecular weight is 285 g/mol. The van der Waals surface area contributed by atoms with Gasteiger partial charge in [-0.05, 0) is 18.9 Å². The lowest BCUT2D eigenvalue weighted by Gasteiger charge is -2.40. The molecule has 0 radical (unpaired) electrons. The molecule has 1 fully saturated rings. The van der Waals surface area contributed by atoms with Crippen LogP contribution in [0.25, 0.3) is 0 Å². The molecule has 1 aliphatic rings. The van der Waals surface area contributed by atoms with E-state index in [2.05, 4.69) is 24.2 Å². The molecule has 0 aromatic rings. The molecule has 1 rings (SSSR count). The van der Waals surface area contributed by atoms with Crippen LogP contribution in [-0.2, 0) is 4.79 Å². The van der Waals surface area contributed by atoms with Gasteiger partial charge >= 0.3 is 12.0 Å². The van der Waals surface area contributed by atoms with Crippen molar-refractivity contribution in [1.29, 1.82) is 0 Å². The van der Waals surface area contributed by atoms with Gasteiger partial charge < -0.3 is 15.3 Å². The monoisotopic (exact) mass is 285 g/mol. The molecule has 1 saturated heterocycles. The third-order valence-corrected chi connectivity index (χ3v) is 3.92. The highest BCUT2D eigenvalue weighted by atomic mass is 16.4. The number of likely N-dealkylation sites (N-methyl/N-ethyl adjacent to an activating group) is 1. The molecule has 1 aliphatic heterocycles. The number of carbonyl (C=O) groups is 2. The number of nitrogens with zero attached hydrogens (tertiary/aromatic N) is 2. The van der Waals surface area contributed by atoms with Crippen molar-refractivity contribution in [3.05, 3.63) is 0 Å². The highest BCUT2D eigenvalue weighted by molar-refractivity contribution is 5.83. The molecule has 1 unspecified atom stereocenters. The Hall–Kier alpha value is -1.30. The van der Waals surface area contributed by atoms with Crippen molar-refractivity contribution in [3.8, 4) is 0 Å². The van der Waals surface area contributed by atoms with E-state index >= 15 is 0 Å². The van der Waals surface area contributed by atoms with Gasteiger partial charge in [0.2, 0.25) is 0 Å². The zero-order chi connectivity index (χ0) is 15.5. The van der Waals surface area contributed by atoms with Crippen LogP contribution < -0.4 is 5.32 Å². The number of nitrogens with one attached hydrogen (secondary N) is 1. The summed E-state index contributed by atoms with van der Waals surface area (Å²) in [6.07, 6.45) is 0.974. The van der Waals surface area contributed by atoms with Crippen LogP contribution in [0.2, 0.25) is 0 Å². The fourth-order valence-electron chi connectivity index (χ4n) is 2.43. The summed E-state index contributed by atoms with van der Waals surface area (Å²) in [6.45, 7) is 9.63. The van der Waals surface area contributed by atoms with E-state index in [1.165, 1.54) is 0 Å². The van der Waals surface area contributed by atoms with Gasteiger partial charge in [0, 0.05) is 25.7 Å². The Kier molecular flexibility index (Phi) is 5.39. The number of hydrogen-bond donors (Lipinski definition) is 2. The second kappa shape index (κ2) is 6.43. The van der Waals surface area contributed by atoms with Gasteiger partial charge in [-0.25, -0.2) is 9.59 Å². The zero-order valence-corrected chi connectivity index (χ0v) is 13.1. The van der Waals surface area contributed by atoms with E-state index in [0.29, 0.717) is 19.1 Å². The second-order valence-electron chi connectivity index (χ2n) is 6.58. The van der Waals surface area contributed by atoms with Gasteiger partial charge in [0.15, 0.2) is 0 Å². The van der Waals surface area contributed by atoms with Crippen molar-refractivity contribution in [2.75, 3.05) is 26.7 Å². The van der Waals surface area contributed by atoms with Crippen LogP contribution >= 0.6 is 0 Å². The van der Waals surface area contributed by atoms with E-state index in [9.17, 15) is 14.7 Å². The number of amides is 2. The molecule has 0 aromatic carbocycles. The lowest BCUT2D eigenvalue weighted by Crippen LogP contribution is -2.59. The van der Waals surface area contributed by atoms with Crippen LogP contribution in [0.4, 0.5) is 4.79 Å². The molecule has 6 heteroatoms. The molecule has 6 nitrogen and oxygen atoms in total. The summed E-state index contributed by atoms with van der Waals surface area (Å²) in [4.78, 5) is 27.5. The van der Waals surface area contributed by atoms with Crippen molar-refractivity contribution in [2.45, 2.75) is 46.2 Å². The lowest BCUT2D eigenvalue weighted by molar-refractivity contribution is -0.142. The van der Waals surface area contributed by atoms with E-state index in [-0.39, 0.29) is 6.03 Å². The average Bonchev–Trinajstić information content (AvgIpc) is 2.34. The summed E-state index contributed by atoms with van der Waals surface area (Å²) < 4.78 is 0. The summed E-state index contributed by atoms with van der Waals surface area (Å²) in [7, 11) is 2.05. The number of aliphatic carboxylic acids is 1. The summed E-state index contributed by atoms with van der Waals surface area (Å²) in [5, 5.41) is 11.9. The number of piperazine rings is 1. The Bertz CT molecular complexity index is 365. The summed E-state index contributed by atoms with van der Waals surface area (Å²) in [6, 6.07) is -0.818. The minimum absolute atomic E-state index is 0.279. The van der Waals surface area contributed by atoms with Crippen molar-refractivity contribution >= 4 is 12.0 Å². The maximum absolute atomic E-state index is 12.3. The van der Waals surface area contributed by atoms with Crippen LogP contribution in [0.1, 0.15) is 34.1 Å². The first-order valence-corrected chi connectivity index (χ1v) is 7.15. The summed E-state index contributed by atoms with van der Waals surface area (Å²) >= 11 is 0. The molecule has 0 aromatic heterocycles. The molecule has 0 spiro atoms. The first-order valence-electron chi connectivity index (χ1n) is 7.15. The Morgan fingerprint density at radius 3 is 2.40 bits per heavy atom. The maximum atomic E-state index is 12.3. The van der Waals surface area contributed by atoms with Gasteiger partial charge in [0.25, 0.3) is 0 Å². The third-order valence-electron chi connectivity index (χ3n) is 3.92. The number of hydrogen-bond acceptors (Lipinski definition) is 3. The van der Waals surface area contributed by atoms with E-state index in [1.807, 2.05) is 20.8 Å². The van der Waals surface area contributed by atoms with Gasteiger partial charge in [-0.3, -0.25) is 4.90 Å². The van der Waals surface area contributed by atoms with Crippen molar-refractivity contribution in [2.24, 2.45) is 5.41 Å². The predicted octanol–water partition coefficient (Wildman–Crippen LogP) is 1.22. The first-order chi connectivity index (χ1) is 9.16. The molecule has 116 valence electrons. The predicted molar refractivity (Wildman–Crippen MR) is 77.7 cm³/mol. The summed E-state index contributed by atoms with van der Waals surface area (Å²) in [5.74, 6) is -0.994. The van der Waals surface area contributed by atoms with Gasteiger partial charge in [-0.15, -0.1) is 0 Å². The van der Waals surface area contributed by atoms with E-state index in [1.54, 1.807) is 4.90 Å². The minimum atomic E-state index is -0.994. The van der Waals surface area contributed by atoms with Gasteiger partial charge in [-0.2, -0.15) is 0 Å². The number of carboxylic acid groups (broad SMARTS) is 1. The SMILES string of the molecule is CCC1CN(C(=O)N[C@H](C(=O)O)C(C)(C)C)CCN1C. The quantitative estimate of drug-likeness (QED) is 0.818. The smallest absolute Gasteiger partial charge is 0.326 e. The van der Waals surface area contributed by atoms with Gasteiger partial charge in [-0.1, -0.05) is 27.7 Å². The minimum Gasteiger partial charge on any atom is -0.480 e. The molecule has 0 saturated carbocycles. The highest BCUT2D eigenvalue weighted by Crippen LogP contribution is 2.20. The normalized spacial score (nSPS) is 22.4. The molecule has 1 heterocycles. The Labute approximate surface area is 121 Å². The highest BCUT2D eigenvalue weighted by Gasteiger charge is 2.35. The second-order valence-corrected chi connectivity index (χ2v) is 6.58. The largest absolute Gasteiger partial charge is 0.480 e. The molecular formula is C14H27N3O3. The number of carbonyl (C=O) groups excluding carboxylic acids is 1. The number of rotatable bonds is 3. The van der Waals surface area contributed by atoms with Crippen LogP contribution in [0, 0.1) is 5.41 Å². The Morgan fingerprint density at radius 2 is 1.95 bits per heavy atom. The fourth-order valence-corrected chi connectivity index (χ4v) is 2.43. The zero-order valence-electron chi connectivity index (χ0n) is 13.1. The van der Waals surface area contributed by atoms with Crippen molar-refractivity contribution in [3.63, 3.8) is 0 Å². The Balaban J connectivity index is 2.68. The summed E-state index contributed by atoms with van der Waals surface area (Å²) in [5.41, 5.74) is -0.516. The van der Waals surface area contributed by atoms with E-state index in [4.69, 9.17) is 0 Å². The maximum Gasteiger partial charge on any atom is 0.326 e. The molecule has 2 amide bonds. The van der Waals surface area contributed by atoms with Crippen LogP contribution in [-0.4, -0.2) is 65.7 Å². The fraction of sp³-hybridized carbons (Fsp3) is 0.857. The van der Waals surface area contributed by atoms with E-state index in [0.717, 1.165) is 13.0 Å². The molecule has 0 bridgehead atoms. The molecule has 2 atom stereocenters. The van der Waals surface area contributed by atoms with Crippen LogP contribution in [0.3, 0.4) is 0 Å². The third kappa shape index (κ3) is 4.10. The van der Waals surface area contributed by atoms with Gasteiger partial charge in [0.1, 0.15) is 6.04 Å². The molecular weight excluding hydrogens is 258 g/mol. The topological polar surface area (TPSA) is 72.9 Å². The Morgan fingerprint density at radius 1 is 1.35 bits per heavy atom. The first kappa shape index (κ1) is 16.8. The van der Waals surface area contributed by atoms with Crippen LogP contribution in [0.15, 0.2) is 0 Å². The van der Waals surface area contributed by atoms with Crippen molar-refractivity contribution < 1.29 is 14.7 Å². The van der Waals surface area contributed by atoms with Crippen LogP contribution in [0.5, 0.6) is 0 Å². The van der Waals surface area contributed by atoms with Gasteiger partial charge in [0.05, 0.1) is 0 Å². The standard InChI is InChI=1S/C14H27N3O3/c1-6-10-9-17(8-7-16(10)5)13(20)15-11(12(18)19)14(2,3)4/h10-11H,6-9H2,1-5H3,(H,15,20)(H,18,19)/t10?,11-/m1/s1. The number of carboxylic acids is 1. The number of urea groups is 1. The molecule has 0 aliphatic carbocycles. The molecule has 2 N–H and O–H groups in total. The molecule has 20 heavy (non-hydrogen) atoms. The lowest BCUT2D eigenvalue weighted by atomic mass is 9.87. The van der Waals surface area contributed by atoms with E-state index < -0.39 is 17.4 Å².